The third-order valence-corrected chi connectivity index (χ3v) is 10.3. The summed E-state index contributed by atoms with van der Waals surface area (Å²) in [6, 6.07) is 16.2. The number of anilines is 1. The molecular weight excluding hydrogens is 616 g/mol. The molecule has 0 bridgehead atoms. The molecule has 45 heavy (non-hydrogen) atoms. The highest BCUT2D eigenvalue weighted by atomic mass is 35.5. The molecule has 2 aliphatic rings. The van der Waals surface area contributed by atoms with Crippen molar-refractivity contribution in [1.29, 1.82) is 0 Å². The number of nitrogens with one attached hydrogen (secondary N) is 1. The molecule has 1 amide bonds. The molecule has 2 aliphatic heterocycles. The summed E-state index contributed by atoms with van der Waals surface area (Å²) in [6.45, 7) is 5.98. The highest BCUT2D eigenvalue weighted by molar-refractivity contribution is 7.93. The molecule has 6 rings (SSSR count). The second-order valence-corrected chi connectivity index (χ2v) is 13.1. The van der Waals surface area contributed by atoms with Crippen LogP contribution in [0.2, 0.25) is 5.02 Å². The summed E-state index contributed by atoms with van der Waals surface area (Å²) in [5.74, 6) is 0.754. The lowest BCUT2D eigenvalue weighted by molar-refractivity contribution is -0.127. The lowest BCUT2D eigenvalue weighted by atomic mass is 9.80. The monoisotopic (exact) mass is 650 g/mol. The van der Waals surface area contributed by atoms with Crippen LogP contribution in [-0.4, -0.2) is 51.0 Å². The Morgan fingerprint density at radius 2 is 1.89 bits per heavy atom. The van der Waals surface area contributed by atoms with Crippen LogP contribution in [-0.2, 0) is 26.9 Å². The molecule has 0 spiro atoms. The van der Waals surface area contributed by atoms with Gasteiger partial charge in [0.05, 0.1) is 36.5 Å². The number of aromatic nitrogens is 1. The second-order valence-electron chi connectivity index (χ2n) is 10.9. The van der Waals surface area contributed by atoms with Gasteiger partial charge in [0.1, 0.15) is 17.8 Å². The Bertz CT molecular complexity index is 1800. The number of hydrogen-bond acceptors (Lipinski definition) is 9. The number of amides is 1. The van der Waals surface area contributed by atoms with Gasteiger partial charge in [-0.15, -0.1) is 0 Å². The fraction of sp³-hybridized carbons (Fsp3) is 0.333. The molecule has 4 aromatic rings. The number of sulfonamides is 1. The van der Waals surface area contributed by atoms with Gasteiger partial charge in [0.15, 0.2) is 5.54 Å². The molecule has 1 aromatic heterocycles. The van der Waals surface area contributed by atoms with Crippen LogP contribution >= 0.6 is 11.6 Å². The molecule has 1 saturated heterocycles. The number of likely N-dealkylation sites (tertiary alicyclic amines) is 1. The molecule has 3 heterocycles. The maximum atomic E-state index is 15.4. The molecule has 1 N–H and O–H groups in total. The quantitative estimate of drug-likeness (QED) is 0.220. The van der Waals surface area contributed by atoms with Crippen LogP contribution in [0.15, 0.2) is 82.4 Å². The Morgan fingerprint density at radius 1 is 1.09 bits per heavy atom. The van der Waals surface area contributed by atoms with E-state index in [0.29, 0.717) is 59.7 Å². The number of oxazole rings is 1. The smallest absolute Gasteiger partial charge is 0.271 e. The van der Waals surface area contributed by atoms with Crippen molar-refractivity contribution in [3.05, 3.63) is 101 Å². The first kappa shape index (κ1) is 31.1. The summed E-state index contributed by atoms with van der Waals surface area (Å²) >= 11 is 6.66. The Balaban J connectivity index is 1.66. The number of rotatable bonds is 11. The molecule has 2 atom stereocenters. The van der Waals surface area contributed by atoms with Gasteiger partial charge in [-0.1, -0.05) is 24.6 Å². The molecule has 10 nitrogen and oxygen atoms in total. The number of methoxy groups -OCH3 is 1. The van der Waals surface area contributed by atoms with Crippen LogP contribution in [0, 0.1) is 0 Å². The van der Waals surface area contributed by atoms with Gasteiger partial charge in [0.2, 0.25) is 5.89 Å². The standard InChI is InChI=1S/C33H35ClN4O6S/c1-4-35-21-22-8-15-30(43-5-2)27(19-22)33(37-17-6-7-29(37)31-36-16-18-44-31)26-20-23(34)9-14-28(26)38(32(33)39)45(40,41)25-12-10-24(42-3)11-13-25/h8-16,18-20,29,35H,4-7,17,21H2,1-3H3. The van der Waals surface area contributed by atoms with E-state index in [-0.39, 0.29) is 10.6 Å². The predicted molar refractivity (Wildman–Crippen MR) is 170 cm³/mol. The minimum atomic E-state index is -4.40. The first-order valence-electron chi connectivity index (χ1n) is 14.9. The molecule has 1 fully saturated rings. The van der Waals surface area contributed by atoms with Crippen molar-refractivity contribution in [1.82, 2.24) is 15.2 Å². The molecule has 0 aliphatic carbocycles. The largest absolute Gasteiger partial charge is 0.497 e. The minimum absolute atomic E-state index is 0.0510. The summed E-state index contributed by atoms with van der Waals surface area (Å²) in [5.41, 5.74) is 0.450. The predicted octanol–water partition coefficient (Wildman–Crippen LogP) is 5.66. The maximum Gasteiger partial charge on any atom is 0.271 e. The van der Waals surface area contributed by atoms with Crippen molar-refractivity contribution in [3.8, 4) is 11.5 Å². The van der Waals surface area contributed by atoms with Crippen molar-refractivity contribution in [3.63, 3.8) is 0 Å². The molecule has 2 unspecified atom stereocenters. The Hall–Kier alpha value is -3.90. The Kier molecular flexibility index (Phi) is 8.62. The first-order chi connectivity index (χ1) is 21.8. The fourth-order valence-electron chi connectivity index (χ4n) is 6.48. The zero-order chi connectivity index (χ0) is 31.8. The van der Waals surface area contributed by atoms with E-state index in [1.54, 1.807) is 36.5 Å². The van der Waals surface area contributed by atoms with E-state index in [1.165, 1.54) is 25.5 Å². The van der Waals surface area contributed by atoms with Gasteiger partial charge < -0.3 is 19.2 Å². The zero-order valence-corrected chi connectivity index (χ0v) is 26.9. The molecule has 12 heteroatoms. The maximum absolute atomic E-state index is 15.4. The highest BCUT2D eigenvalue weighted by Gasteiger charge is 2.62. The van der Waals surface area contributed by atoms with Gasteiger partial charge in [-0.25, -0.2) is 17.7 Å². The lowest BCUT2D eigenvalue weighted by Crippen LogP contribution is -2.54. The topological polar surface area (TPSA) is 114 Å². The number of nitrogens with zero attached hydrogens (tertiary/aromatic N) is 3. The zero-order valence-electron chi connectivity index (χ0n) is 25.3. The van der Waals surface area contributed by atoms with Crippen LogP contribution in [0.1, 0.15) is 55.3 Å². The second kappa shape index (κ2) is 12.5. The molecule has 3 aromatic carbocycles. The third kappa shape index (κ3) is 5.17. The van der Waals surface area contributed by atoms with Gasteiger partial charge in [-0.3, -0.25) is 9.69 Å². The molecule has 0 saturated carbocycles. The number of hydrogen-bond donors (Lipinski definition) is 1. The number of ether oxygens (including phenoxy) is 2. The number of carbonyl (C=O) groups is 1. The number of benzene rings is 3. The highest BCUT2D eigenvalue weighted by Crippen LogP contribution is 2.57. The van der Waals surface area contributed by atoms with E-state index in [4.69, 9.17) is 25.5 Å². The van der Waals surface area contributed by atoms with Crippen molar-refractivity contribution in [2.24, 2.45) is 0 Å². The van der Waals surface area contributed by atoms with Crippen molar-refractivity contribution >= 4 is 33.2 Å². The van der Waals surface area contributed by atoms with Gasteiger partial charge in [-0.05, 0) is 86.5 Å². The summed E-state index contributed by atoms with van der Waals surface area (Å²) < 4.78 is 47.1. The summed E-state index contributed by atoms with van der Waals surface area (Å²) in [4.78, 5) is 21.9. The van der Waals surface area contributed by atoms with Crippen LogP contribution in [0.5, 0.6) is 11.5 Å². The summed E-state index contributed by atoms with van der Waals surface area (Å²) in [7, 11) is -2.90. The van der Waals surface area contributed by atoms with E-state index in [1.807, 2.05) is 36.9 Å². The van der Waals surface area contributed by atoms with Crippen molar-refractivity contribution in [2.45, 2.75) is 49.7 Å². The van der Waals surface area contributed by atoms with Gasteiger partial charge in [-0.2, -0.15) is 0 Å². The van der Waals surface area contributed by atoms with Crippen LogP contribution in [0.4, 0.5) is 5.69 Å². The lowest BCUT2D eigenvalue weighted by Gasteiger charge is -2.41. The molecular formula is C33H35ClN4O6S. The van der Waals surface area contributed by atoms with Crippen molar-refractivity contribution in [2.75, 3.05) is 31.1 Å². The first-order valence-corrected chi connectivity index (χ1v) is 16.8. The van der Waals surface area contributed by atoms with Crippen LogP contribution in [0.25, 0.3) is 0 Å². The van der Waals surface area contributed by atoms with Gasteiger partial charge >= 0.3 is 0 Å². The normalized spacial score (nSPS) is 20.0. The fourth-order valence-corrected chi connectivity index (χ4v) is 8.11. The molecule has 236 valence electrons. The van der Waals surface area contributed by atoms with E-state index in [2.05, 4.69) is 10.3 Å². The third-order valence-electron chi connectivity index (χ3n) is 8.39. The number of fused-ring (bicyclic) bond motifs is 1. The summed E-state index contributed by atoms with van der Waals surface area (Å²) in [6.07, 6.45) is 4.45. The average molecular weight is 651 g/mol. The Labute approximate surface area is 268 Å². The number of carbonyl (C=O) groups excluding carboxylic acids is 1. The number of halogens is 1. The van der Waals surface area contributed by atoms with E-state index in [9.17, 15) is 8.42 Å². The van der Waals surface area contributed by atoms with Gasteiger partial charge in [0.25, 0.3) is 15.9 Å². The average Bonchev–Trinajstić information content (AvgIpc) is 3.80. The summed E-state index contributed by atoms with van der Waals surface area (Å²) in [5, 5.41) is 3.71. The van der Waals surface area contributed by atoms with E-state index < -0.39 is 27.5 Å². The van der Waals surface area contributed by atoms with E-state index >= 15 is 4.79 Å². The minimum Gasteiger partial charge on any atom is -0.497 e. The molecule has 0 radical (unpaired) electrons. The van der Waals surface area contributed by atoms with E-state index in [0.717, 1.165) is 22.8 Å². The van der Waals surface area contributed by atoms with Crippen LogP contribution < -0.4 is 19.1 Å². The van der Waals surface area contributed by atoms with Crippen LogP contribution in [0.3, 0.4) is 0 Å². The SMILES string of the molecule is CCNCc1ccc(OCC)c(C2(N3CCCC3c3ncco3)C(=O)N(S(=O)(=O)c3ccc(OC)cc3)c3ccc(Cl)cc32)c1. The Morgan fingerprint density at radius 3 is 2.58 bits per heavy atom. The van der Waals surface area contributed by atoms with Gasteiger partial charge in [0, 0.05) is 29.2 Å². The van der Waals surface area contributed by atoms with Crippen molar-refractivity contribution < 1.29 is 27.1 Å².